The number of hydrogen-bond donors (Lipinski definition) is 3. The Morgan fingerprint density at radius 1 is 1.10 bits per heavy atom. The Kier molecular flexibility index (Phi) is 9.88. The highest BCUT2D eigenvalue weighted by molar-refractivity contribution is 7.91. The van der Waals surface area contributed by atoms with Gasteiger partial charge in [-0.1, -0.05) is 37.1 Å². The maximum Gasteiger partial charge on any atom is 0.293 e. The van der Waals surface area contributed by atoms with Crippen LogP contribution >= 0.6 is 11.3 Å². The molecular weight excluding hydrogens is 695 g/mol. The lowest BCUT2D eigenvalue weighted by Gasteiger charge is -2.29. The number of sulfonamides is 1. The van der Waals surface area contributed by atoms with Crippen LogP contribution in [0, 0.1) is 5.92 Å². The molecule has 0 bridgehead atoms. The number of anilines is 1. The molecule has 0 radical (unpaired) electrons. The van der Waals surface area contributed by atoms with E-state index in [0.29, 0.717) is 48.5 Å². The van der Waals surface area contributed by atoms with Crippen molar-refractivity contribution in [3.63, 3.8) is 0 Å². The number of amides is 3. The summed E-state index contributed by atoms with van der Waals surface area (Å²) in [5, 5.41) is 7.66. The van der Waals surface area contributed by atoms with E-state index >= 15 is 0 Å². The Hall–Kier alpha value is -3.83. The van der Waals surface area contributed by atoms with E-state index in [2.05, 4.69) is 20.3 Å². The second-order valence-electron chi connectivity index (χ2n) is 13.1. The molecule has 6 rings (SSSR count). The van der Waals surface area contributed by atoms with E-state index in [1.165, 1.54) is 28.4 Å². The van der Waals surface area contributed by atoms with Crippen molar-refractivity contribution in [1.29, 1.82) is 0 Å². The van der Waals surface area contributed by atoms with Crippen LogP contribution in [0.5, 0.6) is 0 Å². The number of aromatic nitrogens is 1. The molecule has 1 aromatic heterocycles. The molecule has 0 unspecified atom stereocenters. The van der Waals surface area contributed by atoms with Gasteiger partial charge in [-0.2, -0.15) is 0 Å². The van der Waals surface area contributed by atoms with E-state index in [1.807, 2.05) is 12.2 Å². The summed E-state index contributed by atoms with van der Waals surface area (Å²) in [5.74, 6) is -2.25. The number of nitrogens with zero attached hydrogens (tertiary/aromatic N) is 2. The number of rotatable bonds is 9. The lowest BCUT2D eigenvalue weighted by atomic mass is 10.1. The van der Waals surface area contributed by atoms with E-state index in [-0.39, 0.29) is 30.8 Å². The normalized spacial score (nSPS) is 28.6. The lowest BCUT2D eigenvalue weighted by molar-refractivity contribution is -0.140. The Labute approximate surface area is 289 Å². The summed E-state index contributed by atoms with van der Waals surface area (Å²) in [5.41, 5.74) is -0.194. The largest absolute Gasteiger partial charge is 0.463 e. The average molecular weight is 734 g/mol. The fourth-order valence-electron chi connectivity index (χ4n) is 6.43. The van der Waals surface area contributed by atoms with Gasteiger partial charge in [0, 0.05) is 29.5 Å². The maximum absolute atomic E-state index is 14.2. The number of benzene rings is 1. The molecule has 1 saturated heterocycles. The van der Waals surface area contributed by atoms with Gasteiger partial charge in [0.15, 0.2) is 15.0 Å². The number of thiazole rings is 1. The molecular formula is C32H39N5O9S3. The van der Waals surface area contributed by atoms with Gasteiger partial charge in [0.25, 0.3) is 12.4 Å². The molecule has 17 heteroatoms. The topological polar surface area (TPSA) is 198 Å². The van der Waals surface area contributed by atoms with E-state index < -0.39 is 72.5 Å². The molecule has 1 aromatic carbocycles. The Morgan fingerprint density at radius 2 is 1.86 bits per heavy atom. The molecule has 49 heavy (non-hydrogen) atoms. The molecule has 2 aliphatic heterocycles. The van der Waals surface area contributed by atoms with Gasteiger partial charge < -0.3 is 20.3 Å². The fourth-order valence-corrected chi connectivity index (χ4v) is 9.20. The van der Waals surface area contributed by atoms with Crippen LogP contribution in [0.2, 0.25) is 0 Å². The van der Waals surface area contributed by atoms with Crippen LogP contribution in [-0.2, 0) is 43.8 Å². The smallest absolute Gasteiger partial charge is 0.293 e. The van der Waals surface area contributed by atoms with Gasteiger partial charge in [-0.25, -0.2) is 21.8 Å². The van der Waals surface area contributed by atoms with Crippen molar-refractivity contribution in [3.05, 3.63) is 41.8 Å². The summed E-state index contributed by atoms with van der Waals surface area (Å²) in [4.78, 5) is 59.1. The lowest BCUT2D eigenvalue weighted by Crippen LogP contribution is -2.57. The van der Waals surface area contributed by atoms with Crippen LogP contribution in [0.3, 0.4) is 0 Å². The maximum atomic E-state index is 14.2. The molecule has 3 heterocycles. The molecule has 2 aromatic rings. The first kappa shape index (κ1) is 35.0. The van der Waals surface area contributed by atoms with Crippen molar-refractivity contribution in [1.82, 2.24) is 19.9 Å². The van der Waals surface area contributed by atoms with Gasteiger partial charge in [0.1, 0.15) is 23.7 Å². The van der Waals surface area contributed by atoms with Crippen LogP contribution in [0.4, 0.5) is 5.13 Å². The van der Waals surface area contributed by atoms with Gasteiger partial charge in [0.05, 0.1) is 22.4 Å². The van der Waals surface area contributed by atoms with Gasteiger partial charge in [0.2, 0.25) is 21.8 Å². The Balaban J connectivity index is 1.24. The van der Waals surface area contributed by atoms with E-state index in [4.69, 9.17) is 4.74 Å². The van der Waals surface area contributed by atoms with Crippen molar-refractivity contribution in [2.24, 2.45) is 5.92 Å². The summed E-state index contributed by atoms with van der Waals surface area (Å²) < 4.78 is 56.4. The number of ether oxygens (including phenoxy) is 1. The Bertz CT molecular complexity index is 1860. The van der Waals surface area contributed by atoms with Crippen molar-refractivity contribution in [2.45, 2.75) is 91.7 Å². The molecule has 2 aliphatic carbocycles. The van der Waals surface area contributed by atoms with E-state index in [9.17, 15) is 36.0 Å². The van der Waals surface area contributed by atoms with Crippen LogP contribution < -0.4 is 15.4 Å². The number of sulfone groups is 1. The van der Waals surface area contributed by atoms with Crippen LogP contribution in [-0.4, -0.2) is 92.7 Å². The van der Waals surface area contributed by atoms with Crippen molar-refractivity contribution in [3.8, 4) is 11.3 Å². The van der Waals surface area contributed by atoms with Gasteiger partial charge in [-0.05, 0) is 50.7 Å². The molecule has 0 spiro atoms. The van der Waals surface area contributed by atoms with E-state index in [1.54, 1.807) is 17.5 Å². The number of carbonyl (C=O) groups is 4. The van der Waals surface area contributed by atoms with Crippen molar-refractivity contribution in [2.75, 3.05) is 18.1 Å². The van der Waals surface area contributed by atoms with Crippen LogP contribution in [0.15, 0.2) is 46.7 Å². The number of nitrogens with one attached hydrogen (secondary N) is 3. The quantitative estimate of drug-likeness (QED) is 0.252. The zero-order valence-corrected chi connectivity index (χ0v) is 29.3. The highest BCUT2D eigenvalue weighted by atomic mass is 32.2. The third-order valence-electron chi connectivity index (χ3n) is 9.47. The van der Waals surface area contributed by atoms with Gasteiger partial charge in [-0.3, -0.25) is 23.9 Å². The minimum atomic E-state index is -3.87. The molecule has 3 amide bonds. The molecule has 14 nitrogen and oxygen atoms in total. The third kappa shape index (κ3) is 7.83. The minimum Gasteiger partial charge on any atom is -0.463 e. The van der Waals surface area contributed by atoms with Crippen molar-refractivity contribution < 1.29 is 40.8 Å². The molecule has 4 aliphatic rings. The average Bonchev–Trinajstić information content (AvgIpc) is 3.93. The summed E-state index contributed by atoms with van der Waals surface area (Å²) in [6.07, 6.45) is 8.78. The molecule has 5 atom stereocenters. The predicted octanol–water partition coefficient (Wildman–Crippen LogP) is 2.14. The first-order chi connectivity index (χ1) is 23.3. The summed E-state index contributed by atoms with van der Waals surface area (Å²) in [6.45, 7) is 0.233. The minimum absolute atomic E-state index is 0.00644. The molecule has 264 valence electrons. The third-order valence-corrected chi connectivity index (χ3v) is 13.2. The zero-order chi connectivity index (χ0) is 35.0. The number of hydrogen-bond acceptors (Lipinski definition) is 12. The zero-order valence-electron chi connectivity index (χ0n) is 26.9. The second-order valence-corrected chi connectivity index (χ2v) is 18.0. The first-order valence-corrected chi connectivity index (χ1v) is 20.6. The number of allylic oxidation sites excluding steroid dienone is 1. The standard InChI is InChI=1S/C32H39N5O9S3/c1-48(42,43)23-11-9-20(10-12-23)26-18-47-31(34-26)33-25-8-6-4-2-3-5-7-21-16-32(21,30(41)36-49(44,45)24-13-14-24)35-28(39)27-15-22(46-19-38)17-37(27)29(25)40/h5,7,9-12,18-19,21-22,24-25,27H,2-4,6,8,13-17H2,1H3,(H,33,34)(H,35,39)(H,36,41)/b7-5-/t21-,22-,25+,27+,32-/m1/s1. The van der Waals surface area contributed by atoms with E-state index in [0.717, 1.165) is 19.1 Å². The van der Waals surface area contributed by atoms with Crippen molar-refractivity contribution >= 4 is 60.5 Å². The highest BCUT2D eigenvalue weighted by Crippen LogP contribution is 2.46. The van der Waals surface area contributed by atoms with Crippen LogP contribution in [0.25, 0.3) is 11.3 Å². The highest BCUT2D eigenvalue weighted by Gasteiger charge is 2.62. The second kappa shape index (κ2) is 13.8. The first-order valence-electron chi connectivity index (χ1n) is 16.3. The van der Waals surface area contributed by atoms with Gasteiger partial charge >= 0.3 is 0 Å². The summed E-state index contributed by atoms with van der Waals surface area (Å²) in [7, 11) is -7.23. The molecule has 3 N–H and O–H groups in total. The predicted molar refractivity (Wildman–Crippen MR) is 180 cm³/mol. The Morgan fingerprint density at radius 3 is 2.55 bits per heavy atom. The number of carbonyl (C=O) groups excluding carboxylic acids is 4. The fraction of sp³-hybridized carbons (Fsp3) is 0.531. The van der Waals surface area contributed by atoms with Gasteiger partial charge in [-0.15, -0.1) is 11.3 Å². The monoisotopic (exact) mass is 733 g/mol. The van der Waals surface area contributed by atoms with Crippen LogP contribution in [0.1, 0.15) is 57.8 Å². The SMILES string of the molecule is CS(=O)(=O)c1ccc(-c2csc(N[C@H]3CCCCC/C=C\[C@@H]4C[C@@]4(C(=O)NS(=O)(=O)C4CC4)NC(=O)[C@@H]4C[C@@H](OC=O)CN4C3=O)n2)cc1. The summed E-state index contributed by atoms with van der Waals surface area (Å²) in [6, 6.07) is 4.48. The molecule has 3 fully saturated rings. The summed E-state index contributed by atoms with van der Waals surface area (Å²) >= 11 is 1.28. The number of fused-ring (bicyclic) bond motifs is 2. The molecule has 2 saturated carbocycles.